The Morgan fingerprint density at radius 1 is 1.00 bits per heavy atom. The standard InChI is InChI=1S/C19H24ClN3O2/c1-3-4-9-23-18(24)16(14-5-7-15(20)8-6-14)17(19(23)25)22-12-10-21(2)11-13-22/h5-8H,3-4,9-13H2,1-2H3. The minimum absolute atomic E-state index is 0.159. The third kappa shape index (κ3) is 3.58. The number of piperazine rings is 1. The Bertz CT molecular complexity index is 691. The Labute approximate surface area is 153 Å². The number of carbonyl (C=O) groups excluding carboxylic acids is 2. The first-order valence-electron chi connectivity index (χ1n) is 8.82. The van der Waals surface area contributed by atoms with Crippen LogP contribution < -0.4 is 0 Å². The average Bonchev–Trinajstić information content (AvgIpc) is 2.85. The summed E-state index contributed by atoms with van der Waals surface area (Å²) in [4.78, 5) is 31.7. The third-order valence-electron chi connectivity index (χ3n) is 4.83. The van der Waals surface area contributed by atoms with Crippen LogP contribution in [0.25, 0.3) is 5.57 Å². The van der Waals surface area contributed by atoms with Gasteiger partial charge in [0.25, 0.3) is 11.8 Å². The maximum atomic E-state index is 13.0. The summed E-state index contributed by atoms with van der Waals surface area (Å²) in [5.41, 5.74) is 1.83. The summed E-state index contributed by atoms with van der Waals surface area (Å²) in [6.07, 6.45) is 1.76. The number of likely N-dealkylation sites (N-methyl/N-ethyl adjacent to an activating group) is 1. The molecule has 6 heteroatoms. The topological polar surface area (TPSA) is 43.9 Å². The Hall–Kier alpha value is -1.85. The summed E-state index contributed by atoms with van der Waals surface area (Å²) < 4.78 is 0. The van der Waals surface area contributed by atoms with Crippen LogP contribution in [0.15, 0.2) is 30.0 Å². The van der Waals surface area contributed by atoms with Gasteiger partial charge < -0.3 is 9.80 Å². The van der Waals surface area contributed by atoms with Crippen LogP contribution >= 0.6 is 11.6 Å². The van der Waals surface area contributed by atoms with Crippen LogP contribution in [-0.4, -0.2) is 66.3 Å². The zero-order valence-corrected chi connectivity index (χ0v) is 15.6. The van der Waals surface area contributed by atoms with Crippen LogP contribution in [0.1, 0.15) is 25.3 Å². The van der Waals surface area contributed by atoms with Gasteiger partial charge in [0.2, 0.25) is 0 Å². The van der Waals surface area contributed by atoms with Crippen molar-refractivity contribution in [3.63, 3.8) is 0 Å². The highest BCUT2D eigenvalue weighted by Crippen LogP contribution is 2.32. The van der Waals surface area contributed by atoms with Gasteiger partial charge in [0, 0.05) is 37.7 Å². The minimum atomic E-state index is -0.185. The van der Waals surface area contributed by atoms with Gasteiger partial charge >= 0.3 is 0 Å². The van der Waals surface area contributed by atoms with E-state index in [0.717, 1.165) is 44.6 Å². The van der Waals surface area contributed by atoms with Gasteiger partial charge in [-0.1, -0.05) is 37.1 Å². The zero-order chi connectivity index (χ0) is 18.0. The van der Waals surface area contributed by atoms with Gasteiger partial charge in [0.05, 0.1) is 5.57 Å². The Kier molecular flexibility index (Phi) is 5.45. The number of hydrogen-bond acceptors (Lipinski definition) is 4. The lowest BCUT2D eigenvalue weighted by molar-refractivity contribution is -0.137. The van der Waals surface area contributed by atoms with E-state index < -0.39 is 0 Å². The lowest BCUT2D eigenvalue weighted by atomic mass is 10.0. The molecular weight excluding hydrogens is 338 g/mol. The van der Waals surface area contributed by atoms with Crippen LogP contribution in [0.5, 0.6) is 0 Å². The van der Waals surface area contributed by atoms with Crippen molar-refractivity contribution in [2.24, 2.45) is 0 Å². The molecule has 0 N–H and O–H groups in total. The molecule has 25 heavy (non-hydrogen) atoms. The third-order valence-corrected chi connectivity index (χ3v) is 5.08. The number of imide groups is 1. The van der Waals surface area contributed by atoms with Crippen LogP contribution in [0.4, 0.5) is 0 Å². The lowest BCUT2D eigenvalue weighted by Crippen LogP contribution is -2.46. The molecule has 1 aromatic carbocycles. The number of amides is 2. The molecule has 2 aliphatic rings. The van der Waals surface area contributed by atoms with E-state index in [0.29, 0.717) is 22.8 Å². The second kappa shape index (κ2) is 7.58. The van der Waals surface area contributed by atoms with Gasteiger partial charge in [0.1, 0.15) is 5.70 Å². The van der Waals surface area contributed by atoms with E-state index >= 15 is 0 Å². The molecule has 3 rings (SSSR count). The predicted molar refractivity (Wildman–Crippen MR) is 99.1 cm³/mol. The van der Waals surface area contributed by atoms with Crippen molar-refractivity contribution in [3.8, 4) is 0 Å². The van der Waals surface area contributed by atoms with E-state index in [9.17, 15) is 9.59 Å². The van der Waals surface area contributed by atoms with Crippen molar-refractivity contribution in [2.45, 2.75) is 19.8 Å². The van der Waals surface area contributed by atoms with Crippen molar-refractivity contribution in [2.75, 3.05) is 39.8 Å². The van der Waals surface area contributed by atoms with E-state index in [-0.39, 0.29) is 11.8 Å². The smallest absolute Gasteiger partial charge is 0.277 e. The molecule has 2 heterocycles. The summed E-state index contributed by atoms with van der Waals surface area (Å²) in [6, 6.07) is 7.17. The summed E-state index contributed by atoms with van der Waals surface area (Å²) in [5.74, 6) is -0.345. The highest BCUT2D eigenvalue weighted by atomic mass is 35.5. The number of carbonyl (C=O) groups is 2. The molecule has 1 aromatic rings. The fourth-order valence-electron chi connectivity index (χ4n) is 3.28. The number of halogens is 1. The quantitative estimate of drug-likeness (QED) is 0.756. The van der Waals surface area contributed by atoms with Gasteiger partial charge in [-0.3, -0.25) is 14.5 Å². The number of unbranched alkanes of at least 4 members (excludes halogenated alkanes) is 1. The van der Waals surface area contributed by atoms with Crippen LogP contribution in [-0.2, 0) is 9.59 Å². The molecule has 5 nitrogen and oxygen atoms in total. The van der Waals surface area contributed by atoms with Gasteiger partial charge in [-0.15, -0.1) is 0 Å². The van der Waals surface area contributed by atoms with Crippen molar-refractivity contribution >= 4 is 29.0 Å². The SMILES string of the molecule is CCCCN1C(=O)C(c2ccc(Cl)cc2)=C(N2CCN(C)CC2)C1=O. The molecule has 0 atom stereocenters. The first-order valence-corrected chi connectivity index (χ1v) is 9.20. The molecule has 0 radical (unpaired) electrons. The molecule has 0 saturated carbocycles. The van der Waals surface area contributed by atoms with E-state index in [1.165, 1.54) is 4.90 Å². The Balaban J connectivity index is 1.99. The van der Waals surface area contributed by atoms with Crippen molar-refractivity contribution in [1.82, 2.24) is 14.7 Å². The lowest BCUT2D eigenvalue weighted by Gasteiger charge is -2.34. The van der Waals surface area contributed by atoms with Gasteiger partial charge in [0.15, 0.2) is 0 Å². The van der Waals surface area contributed by atoms with Crippen molar-refractivity contribution in [1.29, 1.82) is 0 Å². The van der Waals surface area contributed by atoms with Gasteiger partial charge in [-0.2, -0.15) is 0 Å². The molecule has 1 fully saturated rings. The maximum Gasteiger partial charge on any atom is 0.277 e. The summed E-state index contributed by atoms with van der Waals surface area (Å²) in [7, 11) is 2.07. The summed E-state index contributed by atoms with van der Waals surface area (Å²) in [5, 5.41) is 0.616. The molecule has 0 aliphatic carbocycles. The predicted octanol–water partition coefficient (Wildman–Crippen LogP) is 2.47. The number of benzene rings is 1. The highest BCUT2D eigenvalue weighted by molar-refractivity contribution is 6.36. The van der Waals surface area contributed by atoms with Crippen molar-refractivity contribution in [3.05, 3.63) is 40.5 Å². The molecule has 2 aliphatic heterocycles. The van der Waals surface area contributed by atoms with Crippen LogP contribution in [0.3, 0.4) is 0 Å². The number of hydrogen-bond donors (Lipinski definition) is 0. The number of nitrogens with zero attached hydrogens (tertiary/aromatic N) is 3. The minimum Gasteiger partial charge on any atom is -0.364 e. The first-order chi connectivity index (χ1) is 12.0. The Morgan fingerprint density at radius 3 is 2.24 bits per heavy atom. The normalized spacial score (nSPS) is 19.3. The zero-order valence-electron chi connectivity index (χ0n) is 14.8. The molecule has 0 aromatic heterocycles. The highest BCUT2D eigenvalue weighted by Gasteiger charge is 2.41. The maximum absolute atomic E-state index is 13.0. The Morgan fingerprint density at radius 2 is 1.64 bits per heavy atom. The number of rotatable bonds is 5. The molecule has 2 amide bonds. The molecule has 0 spiro atoms. The average molecular weight is 362 g/mol. The largest absolute Gasteiger partial charge is 0.364 e. The van der Waals surface area contributed by atoms with E-state index in [4.69, 9.17) is 11.6 Å². The molecule has 0 bridgehead atoms. The van der Waals surface area contributed by atoms with Gasteiger partial charge in [-0.25, -0.2) is 0 Å². The van der Waals surface area contributed by atoms with Crippen LogP contribution in [0.2, 0.25) is 5.02 Å². The summed E-state index contributed by atoms with van der Waals surface area (Å²) >= 11 is 5.99. The second-order valence-corrected chi connectivity index (χ2v) is 7.07. The fourth-order valence-corrected chi connectivity index (χ4v) is 3.41. The van der Waals surface area contributed by atoms with Crippen molar-refractivity contribution < 1.29 is 9.59 Å². The van der Waals surface area contributed by atoms with E-state index in [1.54, 1.807) is 12.1 Å². The van der Waals surface area contributed by atoms with E-state index in [2.05, 4.69) is 23.8 Å². The first kappa shape index (κ1) is 18.0. The monoisotopic (exact) mass is 361 g/mol. The molecule has 1 saturated heterocycles. The molecular formula is C19H24ClN3O2. The van der Waals surface area contributed by atoms with Crippen LogP contribution in [0, 0.1) is 0 Å². The molecule has 0 unspecified atom stereocenters. The molecule has 134 valence electrons. The summed E-state index contributed by atoms with van der Waals surface area (Å²) in [6.45, 7) is 5.80. The van der Waals surface area contributed by atoms with E-state index in [1.807, 2.05) is 12.1 Å². The van der Waals surface area contributed by atoms with Gasteiger partial charge in [-0.05, 0) is 31.2 Å². The second-order valence-electron chi connectivity index (χ2n) is 6.64. The fraction of sp³-hybridized carbons (Fsp3) is 0.474.